The van der Waals surface area contributed by atoms with Crippen molar-refractivity contribution in [2.24, 2.45) is 0 Å². The molecule has 0 unspecified atom stereocenters. The average molecular weight is 836 g/mol. The molecule has 0 saturated carbocycles. The van der Waals surface area contributed by atoms with Gasteiger partial charge in [-0.15, -0.1) is 0 Å². The summed E-state index contributed by atoms with van der Waals surface area (Å²) in [7, 11) is -4.92. The molecule has 1 amide bonds. The number of nitrogen functional groups attached to an aromatic ring is 1. The number of benzene rings is 3. The van der Waals surface area contributed by atoms with E-state index >= 15 is 0 Å². The van der Waals surface area contributed by atoms with Crippen LogP contribution in [0.2, 0.25) is 0 Å². The van der Waals surface area contributed by atoms with Gasteiger partial charge in [-0.1, -0.05) is 12.8 Å². The third-order valence-corrected chi connectivity index (χ3v) is 10.2. The minimum absolute atomic E-state index is 0.0381. The highest BCUT2D eigenvalue weighted by atomic mass is 31.2. The number of aromatic carboxylic acids is 1. The number of hydrogen-bond donors (Lipinski definition) is 10. The zero-order chi connectivity index (χ0) is 42.2. The summed E-state index contributed by atoms with van der Waals surface area (Å²) < 4.78 is 28.5. The Morgan fingerprint density at radius 2 is 1.71 bits per heavy atom. The summed E-state index contributed by atoms with van der Waals surface area (Å²) in [6.07, 6.45) is -3.52. The quantitative estimate of drug-likeness (QED) is 0.0402. The number of carbonyl (C=O) groups is 2. The number of unbranched alkanes of at least 4 members (excludes halogenated alkanes) is 3. The van der Waals surface area contributed by atoms with Crippen molar-refractivity contribution in [1.29, 1.82) is 0 Å². The summed E-state index contributed by atoms with van der Waals surface area (Å²) in [5.74, 6) is -1.83. The Kier molecular flexibility index (Phi) is 11.5. The largest absolute Gasteiger partial charge is 0.508 e. The summed E-state index contributed by atoms with van der Waals surface area (Å²) >= 11 is 0. The number of phenols is 1. The average Bonchev–Trinajstić information content (AvgIpc) is 3.68. The first-order valence-electron chi connectivity index (χ1n) is 18.2. The lowest BCUT2D eigenvalue weighted by Crippen LogP contribution is -2.33. The van der Waals surface area contributed by atoms with Gasteiger partial charge in [0.05, 0.1) is 12.2 Å². The Hall–Kier alpha value is -6.19. The van der Waals surface area contributed by atoms with E-state index in [0.29, 0.717) is 55.3 Å². The molecule has 11 N–H and O–H groups in total. The van der Waals surface area contributed by atoms with Gasteiger partial charge in [-0.2, -0.15) is 4.98 Å². The number of carboxylic acid groups (broad SMARTS) is 1. The normalized spacial score (nSPS) is 18.2. The molecule has 0 bridgehead atoms. The lowest BCUT2D eigenvalue weighted by molar-refractivity contribution is -0.0494. The van der Waals surface area contributed by atoms with Crippen LogP contribution in [-0.2, 0) is 13.8 Å². The number of aliphatic hydroxyl groups excluding tert-OH is 2. The number of aromatic nitrogens is 4. The molecule has 3 aliphatic rings. The summed E-state index contributed by atoms with van der Waals surface area (Å²) in [6.45, 7) is -0.147. The Bertz CT molecular complexity index is 2710. The fraction of sp³-hybridized carbons (Fsp3) is 0.297. The van der Waals surface area contributed by atoms with Crippen molar-refractivity contribution in [2.75, 3.05) is 30.7 Å². The fourth-order valence-corrected chi connectivity index (χ4v) is 7.29. The first-order valence-corrected chi connectivity index (χ1v) is 19.7. The number of ether oxygens (including phenoxy) is 1. The van der Waals surface area contributed by atoms with Crippen molar-refractivity contribution in [3.05, 3.63) is 86.3 Å². The number of imidazole rings is 1. The second-order valence-electron chi connectivity index (χ2n) is 13.7. The highest BCUT2D eigenvalue weighted by Gasteiger charge is 2.46. The number of phosphoric ester groups is 1. The maximum absolute atomic E-state index is 13.3. The van der Waals surface area contributed by atoms with Crippen molar-refractivity contribution in [2.45, 2.75) is 50.2 Å². The first kappa shape index (κ1) is 41.0. The summed E-state index contributed by atoms with van der Waals surface area (Å²) in [5, 5.41) is 48.0. The van der Waals surface area contributed by atoms with E-state index in [1.165, 1.54) is 53.1 Å². The van der Waals surface area contributed by atoms with Gasteiger partial charge < -0.3 is 55.7 Å². The Morgan fingerprint density at radius 3 is 2.46 bits per heavy atom. The van der Waals surface area contributed by atoms with Crippen LogP contribution in [-0.4, -0.2) is 99.6 Å². The topological polar surface area (TPSA) is 335 Å². The molecule has 1 fully saturated rings. The molecular weight excluding hydrogens is 797 g/mol. The lowest BCUT2D eigenvalue weighted by atomic mass is 9.89. The number of hydrogen-bond acceptors (Lipinski definition) is 15. The smallest absolute Gasteiger partial charge is 0.469 e. The number of H-pyrrole nitrogens is 1. The number of carbonyl (C=O) groups excluding carboxylic acids is 1. The minimum atomic E-state index is -4.92. The Morgan fingerprint density at radius 1 is 0.949 bits per heavy atom. The zero-order valence-electron chi connectivity index (χ0n) is 30.8. The van der Waals surface area contributed by atoms with Crippen LogP contribution in [0.1, 0.15) is 52.6 Å². The maximum atomic E-state index is 13.3. The number of aromatic amines is 1. The molecule has 59 heavy (non-hydrogen) atoms. The first-order chi connectivity index (χ1) is 28.1. The highest BCUT2D eigenvalue weighted by Crippen LogP contribution is 2.43. The molecular formula is C37H38N7O14P. The van der Waals surface area contributed by atoms with Crippen LogP contribution in [0.5, 0.6) is 5.75 Å². The van der Waals surface area contributed by atoms with Crippen LogP contribution in [0.4, 0.5) is 11.9 Å². The minimum Gasteiger partial charge on any atom is -0.508 e. The van der Waals surface area contributed by atoms with Gasteiger partial charge in [0.2, 0.25) is 11.9 Å². The Balaban J connectivity index is 0.986. The van der Waals surface area contributed by atoms with Gasteiger partial charge in [0.1, 0.15) is 35.4 Å². The van der Waals surface area contributed by atoms with Crippen LogP contribution in [0, 0.1) is 0 Å². The number of nitrogens with zero attached hydrogens (tertiary/aromatic N) is 3. The molecule has 22 heteroatoms. The van der Waals surface area contributed by atoms with E-state index < -0.39 is 56.4 Å². The molecule has 4 atom stereocenters. The third kappa shape index (κ3) is 8.66. The van der Waals surface area contributed by atoms with E-state index in [-0.39, 0.29) is 62.3 Å². The number of rotatable bonds is 15. The SMILES string of the molecule is Nc1nc2c(nc(NCCCCCCNC(=O)c3ccc(C(=O)O)c(-c4c5ccc(=O)cc-5oc5cc(O)ccc45)c3)n2[C@@H]2O[C@H](COP(=O)(O)O)[C@@H](O)[C@H]2O)c(=O)[nH]1. The second kappa shape index (κ2) is 16.6. The number of amides is 1. The summed E-state index contributed by atoms with van der Waals surface area (Å²) in [4.78, 5) is 79.4. The summed E-state index contributed by atoms with van der Waals surface area (Å²) in [6, 6.07) is 12.7. The molecule has 0 spiro atoms. The predicted molar refractivity (Wildman–Crippen MR) is 209 cm³/mol. The maximum Gasteiger partial charge on any atom is 0.469 e. The Labute approximate surface area is 331 Å². The molecule has 2 aliphatic heterocycles. The van der Waals surface area contributed by atoms with Gasteiger partial charge in [-0.25, -0.2) is 14.3 Å². The van der Waals surface area contributed by atoms with Crippen LogP contribution in [0.3, 0.4) is 0 Å². The van der Waals surface area contributed by atoms with Crippen molar-refractivity contribution in [1.82, 2.24) is 24.8 Å². The fourth-order valence-electron chi connectivity index (χ4n) is 6.95. The molecule has 1 aliphatic carbocycles. The number of carboxylic acids is 1. The molecule has 1 saturated heterocycles. The monoisotopic (exact) mass is 835 g/mol. The second-order valence-corrected chi connectivity index (χ2v) is 15.0. The van der Waals surface area contributed by atoms with E-state index in [2.05, 4.69) is 30.1 Å². The van der Waals surface area contributed by atoms with Gasteiger partial charge in [-0.3, -0.25) is 28.5 Å². The molecule has 2 aromatic carbocycles. The molecule has 7 rings (SSSR count). The van der Waals surface area contributed by atoms with Gasteiger partial charge in [0, 0.05) is 47.3 Å². The van der Waals surface area contributed by atoms with E-state index in [1.54, 1.807) is 6.07 Å². The number of nitrogens with one attached hydrogen (secondary N) is 3. The van der Waals surface area contributed by atoms with E-state index in [9.17, 15) is 44.2 Å². The van der Waals surface area contributed by atoms with Crippen LogP contribution < -0.4 is 27.4 Å². The van der Waals surface area contributed by atoms with Crippen LogP contribution in [0.25, 0.3) is 44.6 Å². The molecule has 4 aromatic rings. The van der Waals surface area contributed by atoms with Gasteiger partial charge >= 0.3 is 13.8 Å². The van der Waals surface area contributed by atoms with Crippen LogP contribution in [0.15, 0.2) is 68.6 Å². The number of aromatic hydroxyl groups is 1. The van der Waals surface area contributed by atoms with E-state index in [0.717, 1.165) is 0 Å². The van der Waals surface area contributed by atoms with Crippen LogP contribution >= 0.6 is 7.82 Å². The summed E-state index contributed by atoms with van der Waals surface area (Å²) in [5.41, 5.74) is 5.87. The number of nitrogens with two attached hydrogens (primary N) is 1. The highest BCUT2D eigenvalue weighted by molar-refractivity contribution is 7.46. The van der Waals surface area contributed by atoms with Crippen molar-refractivity contribution in [3.63, 3.8) is 0 Å². The standard InChI is InChI=1S/C37H38N7O14P/c38-36-42-31-28(33(50)43-36)41-37(44(31)34-30(48)29(47)26(58-34)16-56-59(53,54)55)40-12-4-2-1-3-11-39-32(49)17-5-8-20(35(51)52)23(13-17)27-21-9-6-18(45)14-24(21)57-25-15-19(46)7-10-22(25)27/h5-10,13-15,26,29-30,34,45,47-48H,1-4,11-12,16H2,(H,39,49)(H,40,41)(H,51,52)(H2,53,54,55)(H3,38,42,43,50)/t26-,29-,30-,34-/m1/s1. The lowest BCUT2D eigenvalue weighted by Gasteiger charge is -2.20. The third-order valence-electron chi connectivity index (χ3n) is 9.70. The van der Waals surface area contributed by atoms with E-state index in [1.807, 2.05) is 0 Å². The van der Waals surface area contributed by atoms with E-state index in [4.69, 9.17) is 24.7 Å². The molecule has 310 valence electrons. The van der Waals surface area contributed by atoms with Crippen molar-refractivity contribution in [3.8, 4) is 28.2 Å². The number of phenolic OH excluding ortho intramolecular Hbond substituents is 1. The van der Waals surface area contributed by atoms with Gasteiger partial charge in [-0.05, 0) is 60.9 Å². The molecule has 21 nitrogen and oxygen atoms in total. The number of aliphatic hydroxyl groups is 2. The molecule has 0 radical (unpaired) electrons. The number of anilines is 2. The van der Waals surface area contributed by atoms with Gasteiger partial charge in [0.15, 0.2) is 22.8 Å². The molecule has 4 heterocycles. The van der Waals surface area contributed by atoms with Gasteiger partial charge in [0.25, 0.3) is 11.5 Å². The number of fused-ring (bicyclic) bond motifs is 3. The van der Waals surface area contributed by atoms with Crippen molar-refractivity contribution >= 4 is 53.7 Å². The molecule has 2 aromatic heterocycles. The number of phosphoric acid groups is 1. The van der Waals surface area contributed by atoms with Crippen molar-refractivity contribution < 1.29 is 58.0 Å². The predicted octanol–water partition coefficient (Wildman–Crippen LogP) is 2.11. The zero-order valence-corrected chi connectivity index (χ0v) is 31.7.